The van der Waals surface area contributed by atoms with Gasteiger partial charge in [0.1, 0.15) is 5.00 Å². The summed E-state index contributed by atoms with van der Waals surface area (Å²) in [6.45, 7) is 2.03. The summed E-state index contributed by atoms with van der Waals surface area (Å²) in [6.07, 6.45) is -2.88. The van der Waals surface area contributed by atoms with E-state index < -0.39 is 18.0 Å². The maximum atomic E-state index is 12.3. The third-order valence-electron chi connectivity index (χ3n) is 3.24. The number of rotatable bonds is 2. The van der Waals surface area contributed by atoms with Crippen LogP contribution in [0, 0.1) is 5.92 Å². The van der Waals surface area contributed by atoms with Crippen LogP contribution >= 0.6 is 11.3 Å². The van der Waals surface area contributed by atoms with E-state index in [1.807, 2.05) is 6.92 Å². The molecule has 2 amide bonds. The highest BCUT2D eigenvalue weighted by Crippen LogP contribution is 2.39. The summed E-state index contributed by atoms with van der Waals surface area (Å²) >= 11 is 1.01. The number of anilines is 1. The molecule has 1 atom stereocenters. The number of hydrogen-bond donors (Lipinski definition) is 2. The second-order valence-corrected chi connectivity index (χ2v) is 5.98. The van der Waals surface area contributed by atoms with Crippen LogP contribution in [0.4, 0.5) is 18.2 Å². The number of carbonyl (C=O) groups is 2. The van der Waals surface area contributed by atoms with Crippen molar-refractivity contribution in [3.8, 4) is 0 Å². The summed E-state index contributed by atoms with van der Waals surface area (Å²) in [5, 5.41) is 1.66. The quantitative estimate of drug-likeness (QED) is 0.881. The van der Waals surface area contributed by atoms with E-state index in [0.717, 1.165) is 22.6 Å². The normalized spacial score (nSPS) is 18.5. The van der Waals surface area contributed by atoms with Gasteiger partial charge in [0.15, 0.2) is 0 Å². The van der Waals surface area contributed by atoms with Gasteiger partial charge in [-0.15, -0.1) is 11.3 Å². The van der Waals surface area contributed by atoms with Gasteiger partial charge in [0.25, 0.3) is 5.91 Å². The molecule has 110 valence electrons. The van der Waals surface area contributed by atoms with Gasteiger partial charge in [-0.3, -0.25) is 9.59 Å². The molecule has 2 rings (SSSR count). The SMILES string of the molecule is C[C@@H]1CCc2c(sc(NC(=O)C(F)(F)F)c2C(N)=O)C1. The van der Waals surface area contributed by atoms with Crippen LogP contribution < -0.4 is 11.1 Å². The topological polar surface area (TPSA) is 72.2 Å². The van der Waals surface area contributed by atoms with Crippen molar-refractivity contribution < 1.29 is 22.8 Å². The van der Waals surface area contributed by atoms with Crippen LogP contribution in [0.1, 0.15) is 34.1 Å². The summed E-state index contributed by atoms with van der Waals surface area (Å²) in [6, 6.07) is 0. The minimum atomic E-state index is -4.99. The average Bonchev–Trinajstić information content (AvgIpc) is 2.64. The largest absolute Gasteiger partial charge is 0.471 e. The number of halogens is 3. The molecule has 0 spiro atoms. The van der Waals surface area contributed by atoms with Crippen LogP contribution in [0.5, 0.6) is 0 Å². The van der Waals surface area contributed by atoms with Crippen molar-refractivity contribution in [2.75, 3.05) is 5.32 Å². The van der Waals surface area contributed by atoms with Crippen LogP contribution in [0.15, 0.2) is 0 Å². The summed E-state index contributed by atoms with van der Waals surface area (Å²) < 4.78 is 36.9. The van der Waals surface area contributed by atoms with Crippen molar-refractivity contribution in [3.63, 3.8) is 0 Å². The van der Waals surface area contributed by atoms with Gasteiger partial charge < -0.3 is 11.1 Å². The van der Waals surface area contributed by atoms with Crippen molar-refractivity contribution in [1.82, 2.24) is 0 Å². The predicted octanol–water partition coefficient (Wildman–Crippen LogP) is 2.47. The van der Waals surface area contributed by atoms with Crippen molar-refractivity contribution in [1.29, 1.82) is 0 Å². The molecule has 0 aliphatic heterocycles. The first-order valence-electron chi connectivity index (χ1n) is 6.02. The van der Waals surface area contributed by atoms with Crippen LogP contribution in [-0.2, 0) is 17.6 Å². The van der Waals surface area contributed by atoms with Crippen molar-refractivity contribution in [3.05, 3.63) is 16.0 Å². The van der Waals surface area contributed by atoms with E-state index in [2.05, 4.69) is 0 Å². The Morgan fingerprint density at radius 3 is 2.60 bits per heavy atom. The zero-order valence-corrected chi connectivity index (χ0v) is 11.5. The number of thiophene rings is 1. The van der Waals surface area contributed by atoms with E-state index in [0.29, 0.717) is 24.3 Å². The molecule has 1 aromatic rings. The maximum Gasteiger partial charge on any atom is 0.471 e. The van der Waals surface area contributed by atoms with Gasteiger partial charge in [0, 0.05) is 4.88 Å². The van der Waals surface area contributed by atoms with Crippen molar-refractivity contribution >= 4 is 28.2 Å². The first-order valence-corrected chi connectivity index (χ1v) is 6.84. The molecule has 20 heavy (non-hydrogen) atoms. The van der Waals surface area contributed by atoms with Gasteiger partial charge in [-0.25, -0.2) is 0 Å². The molecule has 1 aromatic heterocycles. The molecule has 8 heteroatoms. The second kappa shape index (κ2) is 5.08. The van der Waals surface area contributed by atoms with Gasteiger partial charge in [0.2, 0.25) is 0 Å². The van der Waals surface area contributed by atoms with E-state index in [-0.39, 0.29) is 10.6 Å². The van der Waals surface area contributed by atoms with E-state index in [4.69, 9.17) is 5.73 Å². The molecular weight excluding hydrogens is 293 g/mol. The lowest BCUT2D eigenvalue weighted by molar-refractivity contribution is -0.167. The third-order valence-corrected chi connectivity index (χ3v) is 4.41. The van der Waals surface area contributed by atoms with Crippen molar-refractivity contribution in [2.24, 2.45) is 11.7 Å². The fourth-order valence-electron chi connectivity index (χ4n) is 2.27. The highest BCUT2D eigenvalue weighted by atomic mass is 32.1. The molecule has 0 radical (unpaired) electrons. The number of amides is 2. The molecular formula is C12H13F3N2O2S. The van der Waals surface area contributed by atoms with E-state index in [1.54, 1.807) is 5.32 Å². The van der Waals surface area contributed by atoms with Crippen LogP contribution in [0.3, 0.4) is 0 Å². The monoisotopic (exact) mass is 306 g/mol. The molecule has 1 heterocycles. The maximum absolute atomic E-state index is 12.3. The lowest BCUT2D eigenvalue weighted by Gasteiger charge is -2.18. The average molecular weight is 306 g/mol. The minimum absolute atomic E-state index is 0.0227. The summed E-state index contributed by atoms with van der Waals surface area (Å²) in [7, 11) is 0. The molecule has 0 unspecified atom stereocenters. The Morgan fingerprint density at radius 2 is 2.05 bits per heavy atom. The smallest absolute Gasteiger partial charge is 0.365 e. The first kappa shape index (κ1) is 14.8. The summed E-state index contributed by atoms with van der Waals surface area (Å²) in [4.78, 5) is 23.3. The summed E-state index contributed by atoms with van der Waals surface area (Å²) in [5.41, 5.74) is 5.94. The van der Waals surface area contributed by atoms with Gasteiger partial charge >= 0.3 is 12.1 Å². The Morgan fingerprint density at radius 1 is 1.40 bits per heavy atom. The Hall–Kier alpha value is -1.57. The molecule has 0 aromatic carbocycles. The van der Waals surface area contributed by atoms with E-state index in [9.17, 15) is 22.8 Å². The zero-order chi connectivity index (χ0) is 15.1. The number of primary amides is 1. The third kappa shape index (κ3) is 2.79. The number of carbonyl (C=O) groups excluding carboxylic acids is 2. The van der Waals surface area contributed by atoms with Crippen molar-refractivity contribution in [2.45, 2.75) is 32.4 Å². The molecule has 1 aliphatic carbocycles. The minimum Gasteiger partial charge on any atom is -0.365 e. The van der Waals surface area contributed by atoms with Crippen LogP contribution in [0.2, 0.25) is 0 Å². The standard InChI is InChI=1S/C12H13F3N2O2S/c1-5-2-3-6-7(4-5)20-10(8(6)9(16)18)17-11(19)12(13,14)15/h5H,2-4H2,1H3,(H2,16,18)(H,17,19)/t5-/m1/s1. The first-order chi connectivity index (χ1) is 9.20. The Balaban J connectivity index is 2.38. The Labute approximate surface area is 117 Å². The number of nitrogens with one attached hydrogen (secondary N) is 1. The lowest BCUT2D eigenvalue weighted by atomic mass is 9.88. The predicted molar refractivity (Wildman–Crippen MR) is 68.7 cm³/mol. The second-order valence-electron chi connectivity index (χ2n) is 4.87. The van der Waals surface area contributed by atoms with Gasteiger partial charge in [-0.2, -0.15) is 13.2 Å². The number of hydrogen-bond acceptors (Lipinski definition) is 3. The molecule has 3 N–H and O–H groups in total. The number of nitrogens with two attached hydrogens (primary N) is 1. The van der Waals surface area contributed by atoms with Gasteiger partial charge in [0.05, 0.1) is 5.56 Å². The van der Waals surface area contributed by atoms with Crippen LogP contribution in [0.25, 0.3) is 0 Å². The highest BCUT2D eigenvalue weighted by Gasteiger charge is 2.40. The fraction of sp³-hybridized carbons (Fsp3) is 0.500. The highest BCUT2D eigenvalue weighted by molar-refractivity contribution is 7.17. The molecule has 0 bridgehead atoms. The van der Waals surface area contributed by atoms with E-state index in [1.165, 1.54) is 0 Å². The van der Waals surface area contributed by atoms with E-state index >= 15 is 0 Å². The summed E-state index contributed by atoms with van der Waals surface area (Å²) in [5.74, 6) is -2.51. The Kier molecular flexibility index (Phi) is 3.77. The number of alkyl halides is 3. The molecule has 1 aliphatic rings. The fourth-order valence-corrected chi connectivity index (χ4v) is 3.68. The molecule has 0 saturated heterocycles. The van der Waals surface area contributed by atoms with Gasteiger partial charge in [-0.1, -0.05) is 6.92 Å². The molecule has 0 fully saturated rings. The zero-order valence-electron chi connectivity index (χ0n) is 10.6. The molecule has 0 saturated carbocycles. The lowest BCUT2D eigenvalue weighted by Crippen LogP contribution is -2.30. The number of fused-ring (bicyclic) bond motifs is 1. The van der Waals surface area contributed by atoms with Gasteiger partial charge in [-0.05, 0) is 30.7 Å². The molecule has 4 nitrogen and oxygen atoms in total. The Bertz CT molecular complexity index is 566. The van der Waals surface area contributed by atoms with Crippen LogP contribution in [-0.4, -0.2) is 18.0 Å².